The van der Waals surface area contributed by atoms with Crippen LogP contribution in [0.5, 0.6) is 0 Å². The minimum Gasteiger partial charge on any atom is -0.481 e. The van der Waals surface area contributed by atoms with Crippen molar-refractivity contribution in [3.8, 4) is 0 Å². The second kappa shape index (κ2) is 5.53. The van der Waals surface area contributed by atoms with Crippen LogP contribution in [-0.2, 0) is 30.8 Å². The third-order valence-corrected chi connectivity index (χ3v) is 4.33. The molecule has 3 rings (SSSR count). The average Bonchev–Trinajstić information content (AvgIpc) is 3.02. The van der Waals surface area contributed by atoms with Crippen LogP contribution < -0.4 is 5.32 Å². The van der Waals surface area contributed by atoms with Crippen LogP contribution in [0, 0.1) is 5.92 Å². The molecule has 4 heteroatoms. The largest absolute Gasteiger partial charge is 0.481 e. The molecule has 21 heavy (non-hydrogen) atoms. The molecule has 1 aromatic heterocycles. The van der Waals surface area contributed by atoms with E-state index < -0.39 is 5.97 Å². The molecule has 2 aromatic rings. The van der Waals surface area contributed by atoms with Gasteiger partial charge in [0, 0.05) is 36.7 Å². The maximum absolute atomic E-state index is 11.1. The molecule has 112 valence electrons. The molecule has 1 unspecified atom stereocenters. The summed E-state index contributed by atoms with van der Waals surface area (Å²) in [6.07, 6.45) is 3.82. The summed E-state index contributed by atoms with van der Waals surface area (Å²) in [7, 11) is 0. The number of rotatable bonds is 5. The van der Waals surface area contributed by atoms with E-state index in [0.29, 0.717) is 6.42 Å². The van der Waals surface area contributed by atoms with Crippen molar-refractivity contribution in [3.05, 3.63) is 35.0 Å². The monoisotopic (exact) mass is 286 g/mol. The molecule has 0 aliphatic carbocycles. The highest BCUT2D eigenvalue weighted by Gasteiger charge is 2.19. The molecule has 0 saturated carbocycles. The summed E-state index contributed by atoms with van der Waals surface area (Å²) >= 11 is 0. The van der Waals surface area contributed by atoms with Gasteiger partial charge in [-0.05, 0) is 41.7 Å². The lowest BCUT2D eigenvalue weighted by atomic mass is 9.99. The summed E-state index contributed by atoms with van der Waals surface area (Å²) < 4.78 is 2.28. The quantitative estimate of drug-likeness (QED) is 0.888. The first-order valence-electron chi connectivity index (χ1n) is 7.67. The van der Waals surface area contributed by atoms with Crippen LogP contribution in [0.3, 0.4) is 0 Å². The van der Waals surface area contributed by atoms with Gasteiger partial charge in [-0.3, -0.25) is 4.79 Å². The summed E-state index contributed by atoms with van der Waals surface area (Å²) in [4.78, 5) is 11.1. The molecule has 0 bridgehead atoms. The Bertz CT molecular complexity index is 688. The van der Waals surface area contributed by atoms with E-state index in [-0.39, 0.29) is 5.92 Å². The predicted molar refractivity (Wildman–Crippen MR) is 83.3 cm³/mol. The fourth-order valence-electron chi connectivity index (χ4n) is 3.17. The number of aromatic nitrogens is 1. The topological polar surface area (TPSA) is 54.3 Å². The third kappa shape index (κ3) is 2.56. The van der Waals surface area contributed by atoms with Crippen LogP contribution in [0.1, 0.15) is 37.0 Å². The van der Waals surface area contributed by atoms with Crippen molar-refractivity contribution in [2.45, 2.75) is 46.3 Å². The van der Waals surface area contributed by atoms with Crippen molar-refractivity contribution in [2.24, 2.45) is 5.92 Å². The number of aliphatic carboxylic acids is 1. The van der Waals surface area contributed by atoms with Crippen molar-refractivity contribution < 1.29 is 9.90 Å². The fraction of sp³-hybridized carbons (Fsp3) is 0.471. The number of hydrogen-bond donors (Lipinski definition) is 2. The first kappa shape index (κ1) is 14.1. The zero-order valence-corrected chi connectivity index (χ0v) is 12.6. The lowest BCUT2D eigenvalue weighted by Crippen LogP contribution is -2.12. The van der Waals surface area contributed by atoms with Gasteiger partial charge in [0.1, 0.15) is 0 Å². The minimum absolute atomic E-state index is 0.350. The third-order valence-electron chi connectivity index (χ3n) is 4.33. The van der Waals surface area contributed by atoms with Crippen LogP contribution in [0.15, 0.2) is 18.3 Å². The van der Waals surface area contributed by atoms with Crippen LogP contribution in [0.2, 0.25) is 0 Å². The molecule has 1 aliphatic rings. The Labute approximate surface area is 124 Å². The number of carboxylic acids is 1. The van der Waals surface area contributed by atoms with Gasteiger partial charge in [-0.25, -0.2) is 0 Å². The van der Waals surface area contributed by atoms with Crippen molar-refractivity contribution in [3.63, 3.8) is 0 Å². The first-order chi connectivity index (χ1) is 10.1. The zero-order chi connectivity index (χ0) is 15.0. The molecule has 4 nitrogen and oxygen atoms in total. The first-order valence-corrected chi connectivity index (χ1v) is 7.67. The molecule has 0 spiro atoms. The number of nitrogens with one attached hydrogen (secondary N) is 1. The predicted octanol–water partition coefficient (Wildman–Crippen LogP) is 2.92. The highest BCUT2D eigenvalue weighted by atomic mass is 16.4. The number of carboxylic acid groups (broad SMARTS) is 1. The van der Waals surface area contributed by atoms with Crippen LogP contribution in [-0.4, -0.2) is 15.6 Å². The van der Waals surface area contributed by atoms with Gasteiger partial charge in [-0.15, -0.1) is 0 Å². The van der Waals surface area contributed by atoms with Gasteiger partial charge in [0.05, 0.1) is 5.92 Å². The summed E-state index contributed by atoms with van der Waals surface area (Å²) in [6, 6.07) is 4.52. The van der Waals surface area contributed by atoms with E-state index in [1.807, 2.05) is 0 Å². The Morgan fingerprint density at radius 2 is 2.10 bits per heavy atom. The highest BCUT2D eigenvalue weighted by molar-refractivity contribution is 5.86. The van der Waals surface area contributed by atoms with Gasteiger partial charge in [0.15, 0.2) is 0 Å². The summed E-state index contributed by atoms with van der Waals surface area (Å²) in [6.45, 7) is 6.77. The maximum atomic E-state index is 11.1. The Morgan fingerprint density at radius 1 is 1.38 bits per heavy atom. The number of aryl methyl sites for hydroxylation is 1. The molecule has 2 N–H and O–H groups in total. The van der Waals surface area contributed by atoms with Gasteiger partial charge in [-0.2, -0.15) is 0 Å². The Morgan fingerprint density at radius 3 is 2.76 bits per heavy atom. The normalized spacial score (nSPS) is 15.3. The Kier molecular flexibility index (Phi) is 3.72. The second-order valence-corrected chi connectivity index (χ2v) is 6.03. The molecule has 2 heterocycles. The van der Waals surface area contributed by atoms with Gasteiger partial charge in [0.25, 0.3) is 0 Å². The lowest BCUT2D eigenvalue weighted by molar-refractivity contribution is -0.141. The molecule has 1 atom stereocenters. The Hall–Kier alpha value is -1.81. The maximum Gasteiger partial charge on any atom is 0.306 e. The van der Waals surface area contributed by atoms with Crippen molar-refractivity contribution in [1.29, 1.82) is 0 Å². The van der Waals surface area contributed by atoms with Crippen molar-refractivity contribution in [1.82, 2.24) is 9.88 Å². The molecule has 0 radical (unpaired) electrons. The molecule has 1 aromatic carbocycles. The molecular formula is C17H22N2O2. The SMILES string of the molecule is CCCn1cc(CC(C)C(=O)O)c2cc3c(cc21)CNC3. The zero-order valence-electron chi connectivity index (χ0n) is 12.6. The van der Waals surface area contributed by atoms with E-state index in [1.165, 1.54) is 22.0 Å². The van der Waals surface area contributed by atoms with E-state index in [9.17, 15) is 4.79 Å². The molecule has 0 amide bonds. The van der Waals surface area contributed by atoms with Gasteiger partial charge in [0.2, 0.25) is 0 Å². The van der Waals surface area contributed by atoms with Gasteiger partial charge in [-0.1, -0.05) is 13.8 Å². The Balaban J connectivity index is 2.08. The fourth-order valence-corrected chi connectivity index (χ4v) is 3.17. The molecule has 1 aliphatic heterocycles. The van der Waals surface area contributed by atoms with E-state index in [1.54, 1.807) is 6.92 Å². The van der Waals surface area contributed by atoms with Gasteiger partial charge >= 0.3 is 5.97 Å². The standard InChI is InChI=1S/C17H22N2O2/c1-3-4-19-10-14(5-11(2)17(20)21)15-6-12-8-18-9-13(12)7-16(15)19/h6-7,10-11,18H,3-5,8-9H2,1-2H3,(H,20,21). The second-order valence-electron chi connectivity index (χ2n) is 6.03. The molecular weight excluding hydrogens is 264 g/mol. The number of carbonyl (C=O) groups is 1. The van der Waals surface area contributed by atoms with E-state index in [0.717, 1.165) is 31.6 Å². The number of hydrogen-bond acceptors (Lipinski definition) is 2. The molecule has 0 fully saturated rings. The van der Waals surface area contributed by atoms with Crippen LogP contribution >= 0.6 is 0 Å². The van der Waals surface area contributed by atoms with Gasteiger partial charge < -0.3 is 15.0 Å². The highest BCUT2D eigenvalue weighted by Crippen LogP contribution is 2.29. The van der Waals surface area contributed by atoms with Crippen molar-refractivity contribution in [2.75, 3.05) is 0 Å². The molecule has 0 saturated heterocycles. The lowest BCUT2D eigenvalue weighted by Gasteiger charge is -2.06. The number of benzene rings is 1. The van der Waals surface area contributed by atoms with E-state index >= 15 is 0 Å². The minimum atomic E-state index is -0.728. The van der Waals surface area contributed by atoms with Crippen molar-refractivity contribution >= 4 is 16.9 Å². The number of fused-ring (bicyclic) bond motifs is 2. The van der Waals surface area contributed by atoms with E-state index in [2.05, 4.69) is 35.1 Å². The van der Waals surface area contributed by atoms with Crippen LogP contribution in [0.4, 0.5) is 0 Å². The summed E-state index contributed by atoms with van der Waals surface area (Å²) in [5.74, 6) is -1.08. The summed E-state index contributed by atoms with van der Waals surface area (Å²) in [5, 5.41) is 13.8. The average molecular weight is 286 g/mol. The van der Waals surface area contributed by atoms with Crippen LogP contribution in [0.25, 0.3) is 10.9 Å². The summed E-state index contributed by atoms with van der Waals surface area (Å²) in [5.41, 5.74) is 5.12. The smallest absolute Gasteiger partial charge is 0.306 e. The number of nitrogens with zero attached hydrogens (tertiary/aromatic N) is 1. The van der Waals surface area contributed by atoms with E-state index in [4.69, 9.17) is 5.11 Å².